The average Bonchev–Trinajstić information content (AvgIpc) is 3.31. The largest absolute Gasteiger partial charge is 0.497 e. The molecule has 1 amide bonds. The second kappa shape index (κ2) is 11.7. The quantitative estimate of drug-likeness (QED) is 0.257. The van der Waals surface area contributed by atoms with Crippen LogP contribution in [-0.4, -0.2) is 29.0 Å². The summed E-state index contributed by atoms with van der Waals surface area (Å²) in [6.07, 6.45) is 0. The van der Waals surface area contributed by atoms with E-state index in [0.717, 1.165) is 20.2 Å². The standard InChI is InChI=1S/C24H21N3O3S3/c1-29-18-13-11-17(12-14-18)15-31-23-26-27-24(33-23)32-16-22(28)25-20-9-5-6-10-21(20)30-19-7-3-2-4-8-19/h2-14H,15-16H2,1H3,(H,25,28). The van der Waals surface area contributed by atoms with Gasteiger partial charge in [-0.05, 0) is 42.0 Å². The van der Waals surface area contributed by atoms with E-state index in [1.165, 1.54) is 28.7 Å². The Hall–Kier alpha value is -3.01. The summed E-state index contributed by atoms with van der Waals surface area (Å²) in [5, 5.41) is 11.3. The minimum absolute atomic E-state index is 0.133. The molecule has 9 heteroatoms. The molecule has 0 aliphatic heterocycles. The summed E-state index contributed by atoms with van der Waals surface area (Å²) in [4.78, 5) is 12.5. The van der Waals surface area contributed by atoms with Gasteiger partial charge in [0.15, 0.2) is 14.4 Å². The van der Waals surface area contributed by atoms with Crippen molar-refractivity contribution in [1.82, 2.24) is 10.2 Å². The number of anilines is 1. The molecule has 0 fully saturated rings. The topological polar surface area (TPSA) is 73.3 Å². The normalized spacial score (nSPS) is 10.6. The maximum Gasteiger partial charge on any atom is 0.234 e. The molecule has 6 nitrogen and oxygen atoms in total. The van der Waals surface area contributed by atoms with Crippen LogP contribution >= 0.6 is 34.9 Å². The fourth-order valence-electron chi connectivity index (χ4n) is 2.77. The summed E-state index contributed by atoms with van der Waals surface area (Å²) in [5.41, 5.74) is 1.81. The van der Waals surface area contributed by atoms with Crippen LogP contribution in [-0.2, 0) is 10.5 Å². The van der Waals surface area contributed by atoms with Crippen LogP contribution in [0.15, 0.2) is 87.5 Å². The van der Waals surface area contributed by atoms with Crippen LogP contribution < -0.4 is 14.8 Å². The van der Waals surface area contributed by atoms with Crippen LogP contribution in [0.2, 0.25) is 0 Å². The van der Waals surface area contributed by atoms with Gasteiger partial charge in [0.1, 0.15) is 11.5 Å². The van der Waals surface area contributed by atoms with Gasteiger partial charge in [0.2, 0.25) is 5.91 Å². The van der Waals surface area contributed by atoms with E-state index < -0.39 is 0 Å². The molecule has 4 rings (SSSR count). The molecular weight excluding hydrogens is 474 g/mol. The molecule has 33 heavy (non-hydrogen) atoms. The Bertz CT molecular complexity index is 1180. The maximum atomic E-state index is 12.5. The Morgan fingerprint density at radius 1 is 0.879 bits per heavy atom. The summed E-state index contributed by atoms with van der Waals surface area (Å²) >= 11 is 4.48. The number of thioether (sulfide) groups is 2. The SMILES string of the molecule is COc1ccc(CSc2nnc(SCC(=O)Nc3ccccc3Oc3ccccc3)s2)cc1. The zero-order valence-electron chi connectivity index (χ0n) is 17.8. The molecule has 4 aromatic rings. The lowest BCUT2D eigenvalue weighted by molar-refractivity contribution is -0.113. The molecule has 0 unspecified atom stereocenters. The smallest absolute Gasteiger partial charge is 0.234 e. The van der Waals surface area contributed by atoms with Gasteiger partial charge in [-0.25, -0.2) is 0 Å². The van der Waals surface area contributed by atoms with Crippen LogP contribution in [0, 0.1) is 0 Å². The van der Waals surface area contributed by atoms with Gasteiger partial charge in [0, 0.05) is 5.75 Å². The molecule has 3 aromatic carbocycles. The minimum atomic E-state index is -0.133. The third-order valence-corrected chi connectivity index (χ3v) is 7.63. The molecule has 0 radical (unpaired) electrons. The number of hydrogen-bond donors (Lipinski definition) is 1. The van der Waals surface area contributed by atoms with Crippen molar-refractivity contribution in [3.05, 3.63) is 84.4 Å². The van der Waals surface area contributed by atoms with Gasteiger partial charge in [-0.1, -0.05) is 77.3 Å². The number of benzene rings is 3. The van der Waals surface area contributed by atoms with Gasteiger partial charge >= 0.3 is 0 Å². The van der Waals surface area contributed by atoms with Gasteiger partial charge in [-0.15, -0.1) is 10.2 Å². The Balaban J connectivity index is 1.27. The summed E-state index contributed by atoms with van der Waals surface area (Å²) in [7, 11) is 1.65. The Morgan fingerprint density at radius 3 is 2.33 bits per heavy atom. The molecule has 0 bridgehead atoms. The number of ether oxygens (including phenoxy) is 2. The highest BCUT2D eigenvalue weighted by atomic mass is 32.2. The molecule has 0 atom stereocenters. The number of carbonyl (C=O) groups excluding carboxylic acids is 1. The highest BCUT2D eigenvalue weighted by Gasteiger charge is 2.12. The molecule has 0 spiro atoms. The average molecular weight is 496 g/mol. The van der Waals surface area contributed by atoms with Crippen LogP contribution in [0.4, 0.5) is 5.69 Å². The van der Waals surface area contributed by atoms with E-state index in [9.17, 15) is 4.79 Å². The molecule has 1 heterocycles. The lowest BCUT2D eigenvalue weighted by Crippen LogP contribution is -2.14. The predicted octanol–water partition coefficient (Wildman–Crippen LogP) is 6.36. The molecule has 1 aromatic heterocycles. The fourth-order valence-corrected chi connectivity index (χ4v) is 5.54. The monoisotopic (exact) mass is 495 g/mol. The summed E-state index contributed by atoms with van der Waals surface area (Å²) < 4.78 is 12.7. The first-order chi connectivity index (χ1) is 16.2. The van der Waals surface area contributed by atoms with Crippen molar-refractivity contribution in [2.24, 2.45) is 0 Å². The minimum Gasteiger partial charge on any atom is -0.497 e. The number of para-hydroxylation sites is 3. The van der Waals surface area contributed by atoms with Gasteiger partial charge in [-0.3, -0.25) is 4.79 Å². The van der Waals surface area contributed by atoms with Crippen molar-refractivity contribution in [2.75, 3.05) is 18.2 Å². The van der Waals surface area contributed by atoms with Crippen molar-refractivity contribution in [1.29, 1.82) is 0 Å². The number of carbonyl (C=O) groups is 1. The number of rotatable bonds is 10. The van der Waals surface area contributed by atoms with Gasteiger partial charge in [0.05, 0.1) is 18.6 Å². The molecule has 168 valence electrons. The van der Waals surface area contributed by atoms with Crippen molar-refractivity contribution in [3.63, 3.8) is 0 Å². The van der Waals surface area contributed by atoms with E-state index in [1.807, 2.05) is 78.9 Å². The first kappa shape index (κ1) is 23.2. The number of hydrogen-bond acceptors (Lipinski definition) is 8. The number of methoxy groups -OCH3 is 1. The highest BCUT2D eigenvalue weighted by molar-refractivity contribution is 8.03. The molecule has 0 saturated heterocycles. The van der Waals surface area contributed by atoms with E-state index in [0.29, 0.717) is 17.2 Å². The Labute approximate surface area is 204 Å². The molecule has 0 aliphatic carbocycles. The molecule has 0 aliphatic rings. The van der Waals surface area contributed by atoms with Crippen molar-refractivity contribution < 1.29 is 14.3 Å². The lowest BCUT2D eigenvalue weighted by Gasteiger charge is -2.11. The van der Waals surface area contributed by atoms with E-state index in [4.69, 9.17) is 9.47 Å². The maximum absolute atomic E-state index is 12.5. The van der Waals surface area contributed by atoms with E-state index in [1.54, 1.807) is 18.9 Å². The first-order valence-electron chi connectivity index (χ1n) is 10.0. The second-order valence-electron chi connectivity index (χ2n) is 6.72. The lowest BCUT2D eigenvalue weighted by atomic mass is 10.2. The Kier molecular flexibility index (Phi) is 8.24. The number of nitrogens with one attached hydrogen (secondary N) is 1. The van der Waals surface area contributed by atoms with Crippen LogP contribution in [0.25, 0.3) is 0 Å². The third-order valence-electron chi connectivity index (χ3n) is 4.37. The molecule has 0 saturated carbocycles. The predicted molar refractivity (Wildman–Crippen MR) is 135 cm³/mol. The zero-order chi connectivity index (χ0) is 22.9. The summed E-state index contributed by atoms with van der Waals surface area (Å²) in [6.45, 7) is 0. The summed E-state index contributed by atoms with van der Waals surface area (Å²) in [6, 6.07) is 24.8. The van der Waals surface area contributed by atoms with Crippen molar-refractivity contribution in [3.8, 4) is 17.2 Å². The fraction of sp³-hybridized carbons (Fsp3) is 0.125. The number of amides is 1. The number of nitrogens with zero attached hydrogens (tertiary/aromatic N) is 2. The van der Waals surface area contributed by atoms with E-state index in [2.05, 4.69) is 15.5 Å². The van der Waals surface area contributed by atoms with Crippen LogP contribution in [0.1, 0.15) is 5.56 Å². The van der Waals surface area contributed by atoms with Crippen molar-refractivity contribution in [2.45, 2.75) is 14.4 Å². The van der Waals surface area contributed by atoms with Crippen LogP contribution in [0.3, 0.4) is 0 Å². The number of aromatic nitrogens is 2. The van der Waals surface area contributed by atoms with E-state index in [-0.39, 0.29) is 11.7 Å². The highest BCUT2D eigenvalue weighted by Crippen LogP contribution is 2.32. The van der Waals surface area contributed by atoms with Gasteiger partial charge in [0.25, 0.3) is 0 Å². The first-order valence-corrected chi connectivity index (χ1v) is 12.8. The van der Waals surface area contributed by atoms with Crippen molar-refractivity contribution >= 4 is 46.5 Å². The summed E-state index contributed by atoms with van der Waals surface area (Å²) in [5.74, 6) is 3.04. The zero-order valence-corrected chi connectivity index (χ0v) is 20.2. The Morgan fingerprint density at radius 2 is 1.58 bits per heavy atom. The van der Waals surface area contributed by atoms with Gasteiger partial charge in [-0.2, -0.15) is 0 Å². The third kappa shape index (κ3) is 6.98. The molecular formula is C24H21N3O3S3. The van der Waals surface area contributed by atoms with Gasteiger partial charge < -0.3 is 14.8 Å². The van der Waals surface area contributed by atoms with Crippen LogP contribution in [0.5, 0.6) is 17.2 Å². The second-order valence-corrected chi connectivity index (χ2v) is 10.1. The van der Waals surface area contributed by atoms with E-state index >= 15 is 0 Å². The molecule has 1 N–H and O–H groups in total.